The fraction of sp³-hybridized carbons (Fsp3) is 0.188. The van der Waals surface area contributed by atoms with E-state index in [9.17, 15) is 9.59 Å². The highest BCUT2D eigenvalue weighted by Crippen LogP contribution is 2.16. The van der Waals surface area contributed by atoms with Crippen LogP contribution in [0.2, 0.25) is 0 Å². The van der Waals surface area contributed by atoms with Gasteiger partial charge in [0.05, 0.1) is 12.2 Å². The number of carbonyl (C=O) groups excluding carboxylic acids is 2. The second-order valence-electron chi connectivity index (χ2n) is 4.20. The molecular formula is C16H14O3. The van der Waals surface area contributed by atoms with Crippen LogP contribution in [0, 0.1) is 0 Å². The smallest absolute Gasteiger partial charge is 0.338 e. The molecule has 0 saturated carbocycles. The topological polar surface area (TPSA) is 43.4 Å². The van der Waals surface area contributed by atoms with Gasteiger partial charge in [-0.1, -0.05) is 30.4 Å². The van der Waals surface area contributed by atoms with E-state index in [2.05, 4.69) is 0 Å². The van der Waals surface area contributed by atoms with E-state index in [0.29, 0.717) is 30.6 Å². The van der Waals surface area contributed by atoms with Gasteiger partial charge in [0, 0.05) is 18.4 Å². The molecule has 3 nitrogen and oxygen atoms in total. The Morgan fingerprint density at radius 3 is 2.63 bits per heavy atom. The molecule has 1 aromatic rings. The summed E-state index contributed by atoms with van der Waals surface area (Å²) in [7, 11) is 0. The molecule has 0 atom stereocenters. The van der Waals surface area contributed by atoms with Gasteiger partial charge in [0.15, 0.2) is 0 Å². The lowest BCUT2D eigenvalue weighted by atomic mass is 10.0. The average Bonchev–Trinajstić information content (AvgIpc) is 2.49. The van der Waals surface area contributed by atoms with E-state index >= 15 is 0 Å². The molecule has 0 fully saturated rings. The molecule has 0 aliphatic heterocycles. The Morgan fingerprint density at radius 1 is 1.21 bits per heavy atom. The molecule has 0 bridgehead atoms. The summed E-state index contributed by atoms with van der Waals surface area (Å²) in [6.45, 7) is 0.337. The van der Waals surface area contributed by atoms with E-state index in [4.69, 9.17) is 4.74 Å². The van der Waals surface area contributed by atoms with Gasteiger partial charge in [0.2, 0.25) is 0 Å². The van der Waals surface area contributed by atoms with Gasteiger partial charge >= 0.3 is 5.97 Å². The Balaban J connectivity index is 1.79. The molecule has 0 unspecified atom stereocenters. The van der Waals surface area contributed by atoms with E-state index in [1.807, 2.05) is 24.2 Å². The molecule has 1 aliphatic rings. The first kappa shape index (κ1) is 13.1. The van der Waals surface area contributed by atoms with E-state index in [-0.39, 0.29) is 5.97 Å². The molecule has 0 heterocycles. The van der Waals surface area contributed by atoms with Gasteiger partial charge in [-0.05, 0) is 23.8 Å². The monoisotopic (exact) mass is 254 g/mol. The summed E-state index contributed by atoms with van der Waals surface area (Å²) in [6.07, 6.45) is 6.82. The van der Waals surface area contributed by atoms with Crippen LogP contribution in [0.15, 0.2) is 59.7 Å². The number of hydrogen-bond acceptors (Lipinski definition) is 3. The summed E-state index contributed by atoms with van der Waals surface area (Å²) >= 11 is 0. The maximum absolute atomic E-state index is 11.7. The number of carbonyl (C=O) groups is 1. The summed E-state index contributed by atoms with van der Waals surface area (Å²) in [5.41, 5.74) is 2.27. The molecule has 0 aromatic heterocycles. The third kappa shape index (κ3) is 3.80. The van der Waals surface area contributed by atoms with Crippen molar-refractivity contribution in [2.45, 2.75) is 12.8 Å². The lowest BCUT2D eigenvalue weighted by molar-refractivity contribution is 0.0510. The number of esters is 1. The van der Waals surface area contributed by atoms with Crippen molar-refractivity contribution in [1.82, 2.24) is 0 Å². The first-order valence-corrected chi connectivity index (χ1v) is 6.13. The minimum Gasteiger partial charge on any atom is -0.462 e. The summed E-state index contributed by atoms with van der Waals surface area (Å²) in [4.78, 5) is 22.1. The quantitative estimate of drug-likeness (QED) is 0.613. The Hall–Kier alpha value is -2.38. The third-order valence-corrected chi connectivity index (χ3v) is 2.85. The zero-order chi connectivity index (χ0) is 13.5. The standard InChI is InChI=1S/C16H14O3/c17-12-14-8-6-13(7-9-14)10-11-19-16(18)15-4-2-1-3-5-15/h1-8H,9-11H2. The first-order valence-electron chi connectivity index (χ1n) is 6.13. The Labute approximate surface area is 111 Å². The fourth-order valence-corrected chi connectivity index (χ4v) is 1.76. The summed E-state index contributed by atoms with van der Waals surface area (Å²) in [5.74, 6) is 1.56. The van der Waals surface area contributed by atoms with Gasteiger partial charge in [-0.25, -0.2) is 9.59 Å². The zero-order valence-corrected chi connectivity index (χ0v) is 10.5. The predicted molar refractivity (Wildman–Crippen MR) is 72.4 cm³/mol. The third-order valence-electron chi connectivity index (χ3n) is 2.85. The Bertz CT molecular complexity index is 561. The van der Waals surface area contributed by atoms with Crippen molar-refractivity contribution in [3.8, 4) is 0 Å². The number of hydrogen-bond donors (Lipinski definition) is 0. The maximum Gasteiger partial charge on any atom is 0.338 e. The molecule has 1 aliphatic carbocycles. The molecule has 19 heavy (non-hydrogen) atoms. The fourth-order valence-electron chi connectivity index (χ4n) is 1.76. The number of benzene rings is 1. The molecule has 1 aromatic carbocycles. The molecule has 0 N–H and O–H groups in total. The van der Waals surface area contributed by atoms with Crippen molar-refractivity contribution in [2.24, 2.45) is 0 Å². The van der Waals surface area contributed by atoms with Gasteiger partial charge in [-0.3, -0.25) is 0 Å². The van der Waals surface area contributed by atoms with Crippen molar-refractivity contribution >= 4 is 11.9 Å². The normalized spacial score (nSPS) is 13.7. The minimum atomic E-state index is -0.311. The van der Waals surface area contributed by atoms with Crippen LogP contribution in [0.25, 0.3) is 0 Å². The van der Waals surface area contributed by atoms with Crippen molar-refractivity contribution < 1.29 is 14.3 Å². The number of ether oxygens (including phenoxy) is 1. The van der Waals surface area contributed by atoms with Crippen LogP contribution in [-0.2, 0) is 9.53 Å². The largest absolute Gasteiger partial charge is 0.462 e. The summed E-state index contributed by atoms with van der Waals surface area (Å²) in [6, 6.07) is 8.91. The predicted octanol–water partition coefficient (Wildman–Crippen LogP) is 2.88. The Kier molecular flexibility index (Phi) is 4.49. The van der Waals surface area contributed by atoms with Gasteiger partial charge < -0.3 is 4.74 Å². The molecule has 0 radical (unpaired) electrons. The Morgan fingerprint density at radius 2 is 2.00 bits per heavy atom. The first-order chi connectivity index (χ1) is 9.29. The van der Waals surface area contributed by atoms with Gasteiger partial charge in [-0.15, -0.1) is 0 Å². The van der Waals surface area contributed by atoms with Crippen LogP contribution in [0.4, 0.5) is 0 Å². The van der Waals surface area contributed by atoms with E-state index < -0.39 is 0 Å². The van der Waals surface area contributed by atoms with Crippen LogP contribution in [0.5, 0.6) is 0 Å². The maximum atomic E-state index is 11.7. The lowest BCUT2D eigenvalue weighted by Gasteiger charge is -2.08. The van der Waals surface area contributed by atoms with E-state index in [1.165, 1.54) is 0 Å². The average molecular weight is 254 g/mol. The van der Waals surface area contributed by atoms with Crippen LogP contribution in [-0.4, -0.2) is 18.5 Å². The molecule has 96 valence electrons. The molecular weight excluding hydrogens is 240 g/mol. The van der Waals surface area contributed by atoms with Crippen LogP contribution in [0.3, 0.4) is 0 Å². The van der Waals surface area contributed by atoms with Crippen molar-refractivity contribution in [3.63, 3.8) is 0 Å². The second-order valence-corrected chi connectivity index (χ2v) is 4.20. The summed E-state index contributed by atoms with van der Waals surface area (Å²) < 4.78 is 5.19. The lowest BCUT2D eigenvalue weighted by Crippen LogP contribution is -2.06. The van der Waals surface area contributed by atoms with Crippen LogP contribution >= 0.6 is 0 Å². The molecule has 0 saturated heterocycles. The minimum absolute atomic E-state index is 0.311. The number of rotatable bonds is 4. The van der Waals surface area contributed by atoms with Crippen molar-refractivity contribution in [2.75, 3.05) is 6.61 Å². The molecule has 2 rings (SSSR count). The zero-order valence-electron chi connectivity index (χ0n) is 10.5. The molecule has 0 amide bonds. The highest BCUT2D eigenvalue weighted by molar-refractivity contribution is 5.89. The highest BCUT2D eigenvalue weighted by Gasteiger charge is 2.07. The van der Waals surface area contributed by atoms with Crippen molar-refractivity contribution in [3.05, 3.63) is 65.3 Å². The van der Waals surface area contributed by atoms with Gasteiger partial charge in [0.1, 0.15) is 5.94 Å². The second kappa shape index (κ2) is 6.53. The van der Waals surface area contributed by atoms with Crippen LogP contribution in [0.1, 0.15) is 23.2 Å². The van der Waals surface area contributed by atoms with E-state index in [1.54, 1.807) is 30.3 Å². The summed E-state index contributed by atoms with van der Waals surface area (Å²) in [5, 5.41) is 0. The SMILES string of the molecule is O=C=C1C=CC(CCOC(=O)c2ccccc2)=CC1. The van der Waals surface area contributed by atoms with Crippen molar-refractivity contribution in [1.29, 1.82) is 0 Å². The van der Waals surface area contributed by atoms with Crippen LogP contribution < -0.4 is 0 Å². The van der Waals surface area contributed by atoms with Gasteiger partial charge in [0.25, 0.3) is 0 Å². The highest BCUT2D eigenvalue weighted by atomic mass is 16.5. The van der Waals surface area contributed by atoms with E-state index in [0.717, 1.165) is 5.57 Å². The van der Waals surface area contributed by atoms with Gasteiger partial charge in [-0.2, -0.15) is 0 Å². The molecule has 0 spiro atoms. The number of allylic oxidation sites excluding steroid dienone is 4. The molecule has 3 heteroatoms.